The maximum atomic E-state index is 12.7. The molecule has 0 aliphatic rings. The molecule has 1 aromatic rings. The summed E-state index contributed by atoms with van der Waals surface area (Å²) in [5, 5.41) is 8.52. The van der Waals surface area contributed by atoms with Gasteiger partial charge in [-0.05, 0) is 6.07 Å². The number of anilines is 1. The van der Waals surface area contributed by atoms with E-state index in [0.29, 0.717) is 12.1 Å². The fraction of sp³-hybridized carbons (Fsp3) is 0.125. The first-order chi connectivity index (χ1) is 6.43. The van der Waals surface area contributed by atoms with Crippen LogP contribution in [0.15, 0.2) is 12.1 Å². The van der Waals surface area contributed by atoms with Gasteiger partial charge in [-0.1, -0.05) is 0 Å². The lowest BCUT2D eigenvalue weighted by Crippen LogP contribution is -2.22. The number of halogens is 2. The summed E-state index contributed by atoms with van der Waals surface area (Å²) < 4.78 is 25.3. The first-order valence-electron chi connectivity index (χ1n) is 3.66. The van der Waals surface area contributed by atoms with Crippen LogP contribution in [0.25, 0.3) is 0 Å². The summed E-state index contributed by atoms with van der Waals surface area (Å²) in [6.07, 6.45) is 0. The molecule has 0 aliphatic heterocycles. The van der Waals surface area contributed by atoms with Crippen LogP contribution in [-0.4, -0.2) is 11.1 Å². The van der Waals surface area contributed by atoms with E-state index in [9.17, 15) is 13.6 Å². The van der Waals surface area contributed by atoms with Gasteiger partial charge in [-0.25, -0.2) is 8.78 Å². The molecule has 0 aromatic heterocycles. The molecular weight excluding hydrogens is 194 g/mol. The zero-order valence-electron chi connectivity index (χ0n) is 7.00. The molecule has 4 nitrogen and oxygen atoms in total. The van der Waals surface area contributed by atoms with E-state index in [2.05, 4.69) is 0 Å². The summed E-state index contributed by atoms with van der Waals surface area (Å²) in [6.45, 7) is 0. The molecular formula is C8H8F2N2O2. The molecule has 0 saturated carbocycles. The van der Waals surface area contributed by atoms with E-state index in [1.165, 1.54) is 0 Å². The fourth-order valence-electron chi connectivity index (χ4n) is 0.980. The number of hydrogen-bond donors (Lipinski definition) is 3. The van der Waals surface area contributed by atoms with Crippen molar-refractivity contribution < 1.29 is 18.7 Å². The molecule has 6 heteroatoms. The fourth-order valence-corrected chi connectivity index (χ4v) is 0.980. The van der Waals surface area contributed by atoms with Gasteiger partial charge in [0.1, 0.15) is 6.04 Å². The molecule has 0 spiro atoms. The summed E-state index contributed by atoms with van der Waals surface area (Å²) in [4.78, 5) is 10.5. The predicted octanol–water partition coefficient (Wildman–Crippen LogP) is 0.631. The highest BCUT2D eigenvalue weighted by atomic mass is 19.2. The number of rotatable bonds is 2. The summed E-state index contributed by atoms with van der Waals surface area (Å²) in [5.74, 6) is -3.67. The third kappa shape index (κ3) is 1.80. The van der Waals surface area contributed by atoms with E-state index in [-0.39, 0.29) is 11.3 Å². The lowest BCUT2D eigenvalue weighted by atomic mass is 10.1. The van der Waals surface area contributed by atoms with Gasteiger partial charge in [-0.15, -0.1) is 0 Å². The van der Waals surface area contributed by atoms with E-state index in [4.69, 9.17) is 16.6 Å². The Labute approximate surface area is 78.1 Å². The van der Waals surface area contributed by atoms with Crippen LogP contribution in [0, 0.1) is 11.6 Å². The Morgan fingerprint density at radius 3 is 2.36 bits per heavy atom. The highest BCUT2D eigenvalue weighted by molar-refractivity contribution is 5.77. The quantitative estimate of drug-likeness (QED) is 0.613. The number of carbonyl (C=O) groups is 1. The second-order valence-corrected chi connectivity index (χ2v) is 2.71. The standard InChI is InChI=1S/C8H8F2N2O2/c9-4-1-3(7(12)8(13)14)6(11)2-5(4)10/h1-2,7H,11-12H2,(H,13,14)/t7-/m0/s1. The van der Waals surface area contributed by atoms with Gasteiger partial charge in [-0.3, -0.25) is 4.79 Å². The molecule has 14 heavy (non-hydrogen) atoms. The summed E-state index contributed by atoms with van der Waals surface area (Å²) in [6, 6.07) is -0.0678. The highest BCUT2D eigenvalue weighted by Gasteiger charge is 2.19. The minimum atomic E-state index is -1.45. The van der Waals surface area contributed by atoms with Crippen LogP contribution < -0.4 is 11.5 Å². The number of aliphatic carboxylic acids is 1. The van der Waals surface area contributed by atoms with Crippen molar-refractivity contribution in [3.63, 3.8) is 0 Å². The topological polar surface area (TPSA) is 89.3 Å². The van der Waals surface area contributed by atoms with Crippen molar-refractivity contribution in [3.05, 3.63) is 29.3 Å². The number of hydrogen-bond acceptors (Lipinski definition) is 3. The minimum Gasteiger partial charge on any atom is -0.480 e. The van der Waals surface area contributed by atoms with E-state index >= 15 is 0 Å². The Morgan fingerprint density at radius 2 is 1.86 bits per heavy atom. The third-order valence-corrected chi connectivity index (χ3v) is 1.73. The molecule has 0 radical (unpaired) electrons. The monoisotopic (exact) mass is 202 g/mol. The van der Waals surface area contributed by atoms with E-state index in [1.54, 1.807) is 0 Å². The average Bonchev–Trinajstić information content (AvgIpc) is 2.10. The van der Waals surface area contributed by atoms with Gasteiger partial charge in [0.05, 0.1) is 0 Å². The Bertz CT molecular complexity index is 382. The second-order valence-electron chi connectivity index (χ2n) is 2.71. The van der Waals surface area contributed by atoms with E-state index in [0.717, 1.165) is 0 Å². The van der Waals surface area contributed by atoms with Gasteiger partial charge in [-0.2, -0.15) is 0 Å². The van der Waals surface area contributed by atoms with Crippen molar-refractivity contribution >= 4 is 11.7 Å². The van der Waals surface area contributed by atoms with Gasteiger partial charge in [0.25, 0.3) is 0 Å². The van der Waals surface area contributed by atoms with Crippen LogP contribution in [0.1, 0.15) is 11.6 Å². The number of benzene rings is 1. The molecule has 0 amide bonds. The van der Waals surface area contributed by atoms with E-state index in [1.807, 2.05) is 0 Å². The lowest BCUT2D eigenvalue weighted by molar-refractivity contribution is -0.138. The number of nitrogen functional groups attached to an aromatic ring is 1. The molecule has 0 fully saturated rings. The Morgan fingerprint density at radius 1 is 1.36 bits per heavy atom. The zero-order valence-corrected chi connectivity index (χ0v) is 7.00. The van der Waals surface area contributed by atoms with Crippen molar-refractivity contribution in [2.75, 3.05) is 5.73 Å². The molecule has 5 N–H and O–H groups in total. The van der Waals surface area contributed by atoms with Gasteiger partial charge >= 0.3 is 5.97 Å². The van der Waals surface area contributed by atoms with Crippen LogP contribution in [0.4, 0.5) is 14.5 Å². The largest absolute Gasteiger partial charge is 0.480 e. The molecule has 0 aliphatic carbocycles. The maximum Gasteiger partial charge on any atom is 0.325 e. The van der Waals surface area contributed by atoms with Gasteiger partial charge < -0.3 is 16.6 Å². The van der Waals surface area contributed by atoms with Crippen LogP contribution in [0.2, 0.25) is 0 Å². The SMILES string of the molecule is Nc1cc(F)c(F)cc1[C@H](N)C(=O)O. The second kappa shape index (κ2) is 3.59. The lowest BCUT2D eigenvalue weighted by Gasteiger charge is -2.10. The summed E-state index contributed by atoms with van der Waals surface area (Å²) in [5.41, 5.74) is 10.1. The van der Waals surface area contributed by atoms with Gasteiger partial charge in [0, 0.05) is 17.3 Å². The van der Waals surface area contributed by atoms with Crippen LogP contribution in [0.5, 0.6) is 0 Å². The van der Waals surface area contributed by atoms with Gasteiger partial charge in [0.15, 0.2) is 11.6 Å². The van der Waals surface area contributed by atoms with Crippen molar-refractivity contribution in [1.82, 2.24) is 0 Å². The molecule has 1 rings (SSSR count). The smallest absolute Gasteiger partial charge is 0.325 e. The number of carboxylic acids is 1. The summed E-state index contributed by atoms with van der Waals surface area (Å²) >= 11 is 0. The highest BCUT2D eigenvalue weighted by Crippen LogP contribution is 2.22. The van der Waals surface area contributed by atoms with Crippen molar-refractivity contribution in [1.29, 1.82) is 0 Å². The van der Waals surface area contributed by atoms with Crippen LogP contribution in [-0.2, 0) is 4.79 Å². The average molecular weight is 202 g/mol. The van der Waals surface area contributed by atoms with Gasteiger partial charge in [0.2, 0.25) is 0 Å². The Kier molecular flexibility index (Phi) is 2.66. The normalized spacial score (nSPS) is 12.5. The van der Waals surface area contributed by atoms with Crippen molar-refractivity contribution in [2.24, 2.45) is 5.73 Å². The first-order valence-corrected chi connectivity index (χ1v) is 3.66. The van der Waals surface area contributed by atoms with E-state index < -0.39 is 23.6 Å². The molecule has 76 valence electrons. The third-order valence-electron chi connectivity index (χ3n) is 1.73. The maximum absolute atomic E-state index is 12.7. The van der Waals surface area contributed by atoms with Crippen molar-refractivity contribution in [2.45, 2.75) is 6.04 Å². The zero-order chi connectivity index (χ0) is 10.9. The Balaban J connectivity index is 3.22. The molecule has 0 heterocycles. The molecule has 0 unspecified atom stereocenters. The summed E-state index contributed by atoms with van der Waals surface area (Å²) in [7, 11) is 0. The molecule has 0 saturated heterocycles. The molecule has 1 atom stereocenters. The van der Waals surface area contributed by atoms with Crippen molar-refractivity contribution in [3.8, 4) is 0 Å². The molecule has 0 bridgehead atoms. The van der Waals surface area contributed by atoms with Crippen LogP contribution in [0.3, 0.4) is 0 Å². The molecule has 1 aromatic carbocycles. The first kappa shape index (κ1) is 10.4. The Hall–Kier alpha value is -1.69. The van der Waals surface area contributed by atoms with Crippen LogP contribution >= 0.6 is 0 Å². The number of nitrogens with two attached hydrogens (primary N) is 2. The number of carboxylic acid groups (broad SMARTS) is 1. The minimum absolute atomic E-state index is 0.142. The predicted molar refractivity (Wildman–Crippen MR) is 45.3 cm³/mol.